The molecule has 7 nitrogen and oxygen atoms in total. The Balaban J connectivity index is 1.85. The highest BCUT2D eigenvalue weighted by Crippen LogP contribution is 2.17. The van der Waals surface area contributed by atoms with Crippen LogP contribution in [0.5, 0.6) is 5.75 Å². The van der Waals surface area contributed by atoms with Crippen LogP contribution >= 0.6 is 0 Å². The molecule has 0 radical (unpaired) electrons. The Morgan fingerprint density at radius 1 is 1.26 bits per heavy atom. The fraction of sp³-hybridized carbons (Fsp3) is 0.500. The number of hydrogen-bond acceptors (Lipinski definition) is 4. The van der Waals surface area contributed by atoms with Crippen molar-refractivity contribution in [3.05, 3.63) is 41.2 Å². The van der Waals surface area contributed by atoms with Crippen molar-refractivity contribution in [1.29, 1.82) is 0 Å². The Hall–Kier alpha value is -2.54. The van der Waals surface area contributed by atoms with Crippen molar-refractivity contribution in [3.8, 4) is 5.75 Å². The molecule has 2 rings (SSSR count). The highest BCUT2D eigenvalue weighted by Gasteiger charge is 2.09. The molecule has 0 spiro atoms. The van der Waals surface area contributed by atoms with Crippen molar-refractivity contribution >= 4 is 11.6 Å². The van der Waals surface area contributed by atoms with Crippen molar-refractivity contribution in [1.82, 2.24) is 15.1 Å². The van der Waals surface area contributed by atoms with Crippen LogP contribution in [0.3, 0.4) is 0 Å². The topological polar surface area (TPSA) is 72.7 Å². The van der Waals surface area contributed by atoms with Crippen molar-refractivity contribution in [2.24, 2.45) is 12.0 Å². The molecule has 2 N–H and O–H groups in total. The highest BCUT2D eigenvalue weighted by atomic mass is 16.5. The molecule has 27 heavy (non-hydrogen) atoms. The quantitative estimate of drug-likeness (QED) is 0.402. The number of ether oxygens (including phenoxy) is 2. The molecule has 0 aliphatic heterocycles. The van der Waals surface area contributed by atoms with Gasteiger partial charge in [-0.25, -0.2) is 0 Å². The van der Waals surface area contributed by atoms with Crippen LogP contribution in [-0.4, -0.2) is 49.7 Å². The van der Waals surface area contributed by atoms with E-state index in [-0.39, 0.29) is 0 Å². The molecule has 0 saturated heterocycles. The molecule has 7 heteroatoms. The smallest absolute Gasteiger partial charge is 0.195 e. The van der Waals surface area contributed by atoms with E-state index < -0.39 is 0 Å². The summed E-state index contributed by atoms with van der Waals surface area (Å²) in [5.41, 5.74) is 4.50. The normalized spacial score (nSPS) is 11.5. The number of aromatic nitrogens is 2. The number of hydrogen-bond donors (Lipinski definition) is 2. The van der Waals surface area contributed by atoms with E-state index in [9.17, 15) is 0 Å². The molecule has 0 aliphatic carbocycles. The Morgan fingerprint density at radius 3 is 2.74 bits per heavy atom. The average molecular weight is 374 g/mol. The van der Waals surface area contributed by atoms with Gasteiger partial charge in [-0.2, -0.15) is 5.10 Å². The van der Waals surface area contributed by atoms with Crippen LogP contribution in [0.4, 0.5) is 5.69 Å². The number of anilines is 1. The number of aliphatic imine (C=N–C) groups is 1. The lowest BCUT2D eigenvalue weighted by Crippen LogP contribution is -2.32. The minimum Gasteiger partial charge on any atom is -0.493 e. The fourth-order valence-electron chi connectivity index (χ4n) is 2.86. The summed E-state index contributed by atoms with van der Waals surface area (Å²) < 4.78 is 12.7. The third-order valence-electron chi connectivity index (χ3n) is 4.41. The minimum absolute atomic E-state index is 0.633. The largest absolute Gasteiger partial charge is 0.493 e. The summed E-state index contributed by atoms with van der Waals surface area (Å²) in [6, 6.07) is 7.87. The van der Waals surface area contributed by atoms with E-state index in [1.165, 1.54) is 11.3 Å². The number of benzene rings is 1. The molecule has 0 amide bonds. The average Bonchev–Trinajstić information content (AvgIpc) is 2.90. The molecule has 0 aliphatic rings. The van der Waals surface area contributed by atoms with Gasteiger partial charge in [-0.05, 0) is 38.0 Å². The minimum atomic E-state index is 0.633. The first-order valence-electron chi connectivity index (χ1n) is 9.23. The van der Waals surface area contributed by atoms with Gasteiger partial charge < -0.3 is 20.1 Å². The van der Waals surface area contributed by atoms with E-state index in [1.807, 2.05) is 42.9 Å². The SMILES string of the molecule is CN=C(NCCc1c(C)nn(C)c1C)Nc1cccc(OCCCOC)c1. The molecular weight excluding hydrogens is 342 g/mol. The van der Waals surface area contributed by atoms with E-state index in [2.05, 4.69) is 27.6 Å². The second kappa shape index (κ2) is 10.6. The number of methoxy groups -OCH3 is 1. The number of nitrogens with zero attached hydrogens (tertiary/aromatic N) is 3. The van der Waals surface area contributed by atoms with E-state index in [4.69, 9.17) is 9.47 Å². The van der Waals surface area contributed by atoms with E-state index in [1.54, 1.807) is 14.2 Å². The van der Waals surface area contributed by atoms with Gasteiger partial charge in [-0.3, -0.25) is 9.67 Å². The molecule has 1 aromatic carbocycles. The number of guanidine groups is 1. The summed E-state index contributed by atoms with van der Waals surface area (Å²) in [4.78, 5) is 4.30. The van der Waals surface area contributed by atoms with Gasteiger partial charge in [0.2, 0.25) is 0 Å². The Morgan fingerprint density at radius 2 is 2.07 bits per heavy atom. The monoisotopic (exact) mass is 373 g/mol. The van der Waals surface area contributed by atoms with Crippen molar-refractivity contribution < 1.29 is 9.47 Å². The van der Waals surface area contributed by atoms with Gasteiger partial charge in [0.1, 0.15) is 5.75 Å². The zero-order valence-corrected chi connectivity index (χ0v) is 17.0. The summed E-state index contributed by atoms with van der Waals surface area (Å²) in [5, 5.41) is 11.1. The molecule has 1 aromatic heterocycles. The van der Waals surface area contributed by atoms with Gasteiger partial charge in [0.05, 0.1) is 12.3 Å². The van der Waals surface area contributed by atoms with E-state index in [0.29, 0.717) is 13.2 Å². The second-order valence-electron chi connectivity index (χ2n) is 6.37. The van der Waals surface area contributed by atoms with Gasteiger partial charge in [-0.15, -0.1) is 0 Å². The summed E-state index contributed by atoms with van der Waals surface area (Å²) >= 11 is 0. The highest BCUT2D eigenvalue weighted by molar-refractivity contribution is 5.93. The van der Waals surface area contributed by atoms with Crippen molar-refractivity contribution in [3.63, 3.8) is 0 Å². The molecule has 0 saturated carbocycles. The standard InChI is InChI=1S/C20H31N5O2/c1-15-19(16(2)25(4)24-15)10-11-22-20(21-3)23-17-8-6-9-18(14-17)27-13-7-12-26-5/h6,8-9,14H,7,10-13H2,1-5H3,(H2,21,22,23). The van der Waals surface area contributed by atoms with Crippen LogP contribution in [0, 0.1) is 13.8 Å². The summed E-state index contributed by atoms with van der Waals surface area (Å²) in [7, 11) is 5.44. The molecule has 2 aromatic rings. The van der Waals surface area contributed by atoms with Gasteiger partial charge in [0, 0.05) is 58.2 Å². The van der Waals surface area contributed by atoms with E-state index >= 15 is 0 Å². The lowest BCUT2D eigenvalue weighted by atomic mass is 10.1. The summed E-state index contributed by atoms with van der Waals surface area (Å²) in [6.07, 6.45) is 1.76. The van der Waals surface area contributed by atoms with Crippen LogP contribution in [-0.2, 0) is 18.2 Å². The summed E-state index contributed by atoms with van der Waals surface area (Å²) in [5.74, 6) is 1.55. The first-order valence-corrected chi connectivity index (χ1v) is 9.23. The molecule has 0 bridgehead atoms. The second-order valence-corrected chi connectivity index (χ2v) is 6.37. The molecular formula is C20H31N5O2. The molecule has 0 atom stereocenters. The summed E-state index contributed by atoms with van der Waals surface area (Å²) in [6.45, 7) is 6.26. The lowest BCUT2D eigenvalue weighted by Gasteiger charge is -2.13. The number of aryl methyl sites for hydroxylation is 2. The van der Waals surface area contributed by atoms with Crippen LogP contribution in [0.2, 0.25) is 0 Å². The molecule has 0 unspecified atom stereocenters. The third kappa shape index (κ3) is 6.29. The first kappa shape index (κ1) is 20.8. The molecule has 0 fully saturated rings. The van der Waals surface area contributed by atoms with E-state index in [0.717, 1.165) is 42.5 Å². The fourth-order valence-corrected chi connectivity index (χ4v) is 2.86. The van der Waals surface area contributed by atoms with Gasteiger partial charge in [0.25, 0.3) is 0 Å². The number of rotatable bonds is 9. The lowest BCUT2D eigenvalue weighted by molar-refractivity contribution is 0.172. The Kier molecular flexibility index (Phi) is 8.13. The van der Waals surface area contributed by atoms with Gasteiger partial charge >= 0.3 is 0 Å². The zero-order chi connectivity index (χ0) is 19.6. The Bertz CT molecular complexity index is 755. The predicted molar refractivity (Wildman–Crippen MR) is 110 cm³/mol. The maximum atomic E-state index is 5.74. The third-order valence-corrected chi connectivity index (χ3v) is 4.41. The van der Waals surface area contributed by atoms with Crippen LogP contribution in [0.15, 0.2) is 29.3 Å². The van der Waals surface area contributed by atoms with Gasteiger partial charge in [0.15, 0.2) is 5.96 Å². The van der Waals surface area contributed by atoms with Crippen LogP contribution in [0.25, 0.3) is 0 Å². The first-order chi connectivity index (χ1) is 13.0. The zero-order valence-electron chi connectivity index (χ0n) is 17.0. The molecule has 1 heterocycles. The molecule has 148 valence electrons. The number of nitrogens with one attached hydrogen (secondary N) is 2. The van der Waals surface area contributed by atoms with Gasteiger partial charge in [-0.1, -0.05) is 6.07 Å². The van der Waals surface area contributed by atoms with Crippen LogP contribution in [0.1, 0.15) is 23.4 Å². The van der Waals surface area contributed by atoms with Crippen molar-refractivity contribution in [2.45, 2.75) is 26.7 Å². The predicted octanol–water partition coefficient (Wildman–Crippen LogP) is 2.68. The van der Waals surface area contributed by atoms with Crippen LogP contribution < -0.4 is 15.4 Å². The maximum absolute atomic E-state index is 5.74. The Labute approximate surface area is 161 Å². The maximum Gasteiger partial charge on any atom is 0.195 e. The van der Waals surface area contributed by atoms with Crippen molar-refractivity contribution in [2.75, 3.05) is 39.2 Å².